The Balaban J connectivity index is 2.32. The first-order valence-electron chi connectivity index (χ1n) is 4.48. The van der Waals surface area contributed by atoms with E-state index in [0.29, 0.717) is 20.8 Å². The molecule has 1 heterocycles. The van der Waals surface area contributed by atoms with Crippen molar-refractivity contribution in [2.24, 2.45) is 0 Å². The SMILES string of the molecule is [O-][n+]1cc(Oc2ccccc2)c(Br)cc1Br. The summed E-state index contributed by atoms with van der Waals surface area (Å²) in [5.41, 5.74) is 0. The van der Waals surface area contributed by atoms with Gasteiger partial charge in [-0.1, -0.05) is 18.2 Å². The molecule has 0 saturated carbocycles. The van der Waals surface area contributed by atoms with Gasteiger partial charge >= 0.3 is 0 Å². The third kappa shape index (κ3) is 2.54. The number of ether oxygens (including phenoxy) is 1. The van der Waals surface area contributed by atoms with Gasteiger partial charge in [0.25, 0.3) is 4.60 Å². The Bertz CT molecular complexity index is 503. The van der Waals surface area contributed by atoms with E-state index in [-0.39, 0.29) is 0 Å². The molecule has 2 rings (SSSR count). The lowest BCUT2D eigenvalue weighted by Gasteiger charge is -2.07. The summed E-state index contributed by atoms with van der Waals surface area (Å²) < 4.78 is 7.40. The molecular weight excluding hydrogens is 338 g/mol. The molecule has 0 spiro atoms. The fraction of sp³-hybridized carbons (Fsp3) is 0. The lowest BCUT2D eigenvalue weighted by Crippen LogP contribution is -2.27. The van der Waals surface area contributed by atoms with Gasteiger partial charge in [0.05, 0.1) is 4.47 Å². The first-order valence-corrected chi connectivity index (χ1v) is 6.06. The highest BCUT2D eigenvalue weighted by atomic mass is 79.9. The Morgan fingerprint density at radius 2 is 1.81 bits per heavy atom. The second-order valence-corrected chi connectivity index (χ2v) is 4.72. The molecule has 16 heavy (non-hydrogen) atoms. The summed E-state index contributed by atoms with van der Waals surface area (Å²) in [5.74, 6) is 1.16. The van der Waals surface area contributed by atoms with Crippen LogP contribution in [0.1, 0.15) is 0 Å². The summed E-state index contributed by atoms with van der Waals surface area (Å²) in [6.07, 6.45) is 1.36. The van der Waals surface area contributed by atoms with Gasteiger partial charge in [0, 0.05) is 22.0 Å². The molecule has 0 aliphatic heterocycles. The molecule has 1 aromatic heterocycles. The van der Waals surface area contributed by atoms with Crippen molar-refractivity contribution >= 4 is 31.9 Å². The van der Waals surface area contributed by atoms with Crippen LogP contribution in [0.4, 0.5) is 0 Å². The van der Waals surface area contributed by atoms with Gasteiger partial charge in [-0.25, -0.2) is 0 Å². The molecule has 0 saturated heterocycles. The number of hydrogen-bond donors (Lipinski definition) is 0. The predicted octanol–water partition coefficient (Wildman–Crippen LogP) is 3.64. The van der Waals surface area contributed by atoms with Crippen LogP contribution in [-0.2, 0) is 0 Å². The Labute approximate surface area is 110 Å². The second kappa shape index (κ2) is 4.84. The molecular formula is C11H7Br2NO2. The van der Waals surface area contributed by atoms with E-state index in [1.165, 1.54) is 6.20 Å². The van der Waals surface area contributed by atoms with Crippen molar-refractivity contribution in [1.29, 1.82) is 0 Å². The minimum absolute atomic E-state index is 0.430. The minimum Gasteiger partial charge on any atom is -0.618 e. The molecule has 0 N–H and O–H groups in total. The molecule has 2 aromatic rings. The Hall–Kier alpha value is -1.07. The first kappa shape index (κ1) is 11.4. The molecule has 3 nitrogen and oxygen atoms in total. The number of nitrogens with zero attached hydrogens (tertiary/aromatic N) is 1. The van der Waals surface area contributed by atoms with Gasteiger partial charge in [-0.15, -0.1) is 0 Å². The predicted molar refractivity (Wildman–Crippen MR) is 67.3 cm³/mol. The Morgan fingerprint density at radius 3 is 2.50 bits per heavy atom. The van der Waals surface area contributed by atoms with E-state index >= 15 is 0 Å². The summed E-state index contributed by atoms with van der Waals surface area (Å²) >= 11 is 6.46. The molecule has 0 unspecified atom stereocenters. The highest BCUT2D eigenvalue weighted by molar-refractivity contribution is 9.11. The molecule has 82 valence electrons. The van der Waals surface area contributed by atoms with E-state index in [9.17, 15) is 5.21 Å². The van der Waals surface area contributed by atoms with E-state index in [1.807, 2.05) is 30.3 Å². The van der Waals surface area contributed by atoms with Crippen molar-refractivity contribution in [3.63, 3.8) is 0 Å². The number of halogens is 2. The summed E-state index contributed by atoms with van der Waals surface area (Å²) in [7, 11) is 0. The monoisotopic (exact) mass is 343 g/mol. The summed E-state index contributed by atoms with van der Waals surface area (Å²) in [4.78, 5) is 0. The number of rotatable bonds is 2. The Morgan fingerprint density at radius 1 is 1.12 bits per heavy atom. The first-order chi connectivity index (χ1) is 7.66. The van der Waals surface area contributed by atoms with Gasteiger partial charge in [0.1, 0.15) is 5.75 Å². The van der Waals surface area contributed by atoms with Crippen LogP contribution in [0.5, 0.6) is 11.5 Å². The van der Waals surface area contributed by atoms with Crippen molar-refractivity contribution < 1.29 is 9.47 Å². The molecule has 5 heteroatoms. The zero-order valence-electron chi connectivity index (χ0n) is 8.06. The van der Waals surface area contributed by atoms with Crippen LogP contribution in [0.15, 0.2) is 51.7 Å². The number of hydrogen-bond acceptors (Lipinski definition) is 2. The van der Waals surface area contributed by atoms with Crippen LogP contribution in [0, 0.1) is 5.21 Å². The number of pyridine rings is 1. The van der Waals surface area contributed by atoms with Crippen molar-refractivity contribution in [3.05, 3.63) is 56.9 Å². The van der Waals surface area contributed by atoms with Crippen molar-refractivity contribution in [1.82, 2.24) is 0 Å². The lowest BCUT2D eigenvalue weighted by atomic mass is 10.3. The maximum absolute atomic E-state index is 11.4. The third-order valence-corrected chi connectivity index (χ3v) is 3.10. The van der Waals surface area contributed by atoms with E-state index in [2.05, 4.69) is 31.9 Å². The molecule has 0 atom stereocenters. The lowest BCUT2D eigenvalue weighted by molar-refractivity contribution is -0.617. The molecule has 0 bridgehead atoms. The maximum Gasteiger partial charge on any atom is 0.260 e. The number of aromatic nitrogens is 1. The number of benzene rings is 1. The second-order valence-electron chi connectivity index (χ2n) is 3.05. The van der Waals surface area contributed by atoms with Crippen LogP contribution in [0.25, 0.3) is 0 Å². The average molecular weight is 345 g/mol. The van der Waals surface area contributed by atoms with E-state index in [4.69, 9.17) is 4.74 Å². The zero-order chi connectivity index (χ0) is 11.5. The summed E-state index contributed by atoms with van der Waals surface area (Å²) in [6, 6.07) is 10.9. The van der Waals surface area contributed by atoms with Gasteiger partial charge in [-0.3, -0.25) is 0 Å². The minimum atomic E-state index is 0.430. The normalized spacial score (nSPS) is 10.1. The van der Waals surface area contributed by atoms with Crippen LogP contribution in [0.2, 0.25) is 0 Å². The van der Waals surface area contributed by atoms with E-state index in [0.717, 1.165) is 4.47 Å². The Kier molecular flexibility index (Phi) is 3.46. The fourth-order valence-electron chi connectivity index (χ4n) is 1.16. The average Bonchev–Trinajstić information content (AvgIpc) is 2.27. The van der Waals surface area contributed by atoms with E-state index < -0.39 is 0 Å². The number of para-hydroxylation sites is 1. The van der Waals surface area contributed by atoms with Gasteiger partial charge < -0.3 is 9.94 Å². The molecule has 1 aromatic carbocycles. The van der Waals surface area contributed by atoms with Gasteiger partial charge in [0.2, 0.25) is 11.9 Å². The van der Waals surface area contributed by atoms with Crippen molar-refractivity contribution in [2.45, 2.75) is 0 Å². The van der Waals surface area contributed by atoms with Crippen LogP contribution < -0.4 is 9.47 Å². The highest BCUT2D eigenvalue weighted by Gasteiger charge is 2.11. The maximum atomic E-state index is 11.4. The molecule has 0 aliphatic rings. The largest absolute Gasteiger partial charge is 0.618 e. The van der Waals surface area contributed by atoms with Gasteiger partial charge in [-0.2, -0.15) is 4.73 Å². The van der Waals surface area contributed by atoms with Crippen LogP contribution in [-0.4, -0.2) is 0 Å². The van der Waals surface area contributed by atoms with Crippen molar-refractivity contribution in [3.8, 4) is 11.5 Å². The van der Waals surface area contributed by atoms with Gasteiger partial charge in [0.15, 0.2) is 0 Å². The molecule has 0 fully saturated rings. The van der Waals surface area contributed by atoms with Crippen LogP contribution in [0.3, 0.4) is 0 Å². The van der Waals surface area contributed by atoms with Crippen molar-refractivity contribution in [2.75, 3.05) is 0 Å². The fourth-order valence-corrected chi connectivity index (χ4v) is 2.20. The third-order valence-electron chi connectivity index (χ3n) is 1.90. The smallest absolute Gasteiger partial charge is 0.260 e. The standard InChI is InChI=1S/C11H7Br2NO2/c12-9-6-11(13)14(15)7-10(9)16-8-4-2-1-3-5-8/h1-7H. The quantitative estimate of drug-likeness (QED) is 0.473. The molecule has 0 radical (unpaired) electrons. The molecule has 0 aliphatic carbocycles. The molecule has 0 amide bonds. The zero-order valence-corrected chi connectivity index (χ0v) is 11.2. The van der Waals surface area contributed by atoms with Crippen LogP contribution >= 0.6 is 31.9 Å². The topological polar surface area (TPSA) is 36.2 Å². The van der Waals surface area contributed by atoms with E-state index in [1.54, 1.807) is 6.07 Å². The summed E-state index contributed by atoms with van der Waals surface area (Å²) in [6.45, 7) is 0. The summed E-state index contributed by atoms with van der Waals surface area (Å²) in [5, 5.41) is 11.4. The highest BCUT2D eigenvalue weighted by Crippen LogP contribution is 2.29. The van der Waals surface area contributed by atoms with Gasteiger partial charge in [-0.05, 0) is 28.1 Å².